The standard InChI is InChI=1S/C15H28N2O2/c1-11(2)9-14(17-12-7-8-16-10-12)15(18)19-13-5-3-4-6-13/h11-14,16-17H,3-10H2,1-2H3/t12?,14-/m1/s1. The molecule has 110 valence electrons. The molecule has 2 aliphatic rings. The Morgan fingerprint density at radius 2 is 2.05 bits per heavy atom. The topological polar surface area (TPSA) is 50.4 Å². The van der Waals surface area contributed by atoms with Gasteiger partial charge in [-0.25, -0.2) is 0 Å². The molecule has 1 aliphatic carbocycles. The van der Waals surface area contributed by atoms with Gasteiger partial charge in [0.15, 0.2) is 0 Å². The van der Waals surface area contributed by atoms with Crippen molar-refractivity contribution in [2.75, 3.05) is 13.1 Å². The molecule has 1 unspecified atom stereocenters. The van der Waals surface area contributed by atoms with Crippen molar-refractivity contribution >= 4 is 5.97 Å². The van der Waals surface area contributed by atoms with Gasteiger partial charge in [0.05, 0.1) is 0 Å². The fraction of sp³-hybridized carbons (Fsp3) is 0.933. The van der Waals surface area contributed by atoms with Gasteiger partial charge in [0.2, 0.25) is 0 Å². The lowest BCUT2D eigenvalue weighted by molar-refractivity contribution is -0.152. The van der Waals surface area contributed by atoms with Gasteiger partial charge in [-0.05, 0) is 51.0 Å². The first-order valence-electron chi connectivity index (χ1n) is 7.82. The molecule has 2 atom stereocenters. The number of hydrogen-bond donors (Lipinski definition) is 2. The molecule has 2 fully saturated rings. The maximum absolute atomic E-state index is 12.3. The molecule has 1 aliphatic heterocycles. The molecular weight excluding hydrogens is 240 g/mol. The Balaban J connectivity index is 1.84. The van der Waals surface area contributed by atoms with Crippen LogP contribution >= 0.6 is 0 Å². The van der Waals surface area contributed by atoms with Gasteiger partial charge in [-0.3, -0.25) is 4.79 Å². The summed E-state index contributed by atoms with van der Waals surface area (Å²) in [5.41, 5.74) is 0. The zero-order valence-corrected chi connectivity index (χ0v) is 12.3. The van der Waals surface area contributed by atoms with Gasteiger partial charge < -0.3 is 15.4 Å². The number of ether oxygens (including phenoxy) is 1. The van der Waals surface area contributed by atoms with E-state index in [1.165, 1.54) is 12.8 Å². The Labute approximate surface area is 116 Å². The summed E-state index contributed by atoms with van der Waals surface area (Å²) in [6.07, 6.45) is 6.63. The minimum atomic E-state index is -0.134. The summed E-state index contributed by atoms with van der Waals surface area (Å²) in [6.45, 7) is 6.32. The number of esters is 1. The third-order valence-corrected chi connectivity index (χ3v) is 4.07. The second-order valence-corrected chi connectivity index (χ2v) is 6.38. The molecule has 1 saturated heterocycles. The van der Waals surface area contributed by atoms with E-state index in [-0.39, 0.29) is 18.1 Å². The van der Waals surface area contributed by atoms with Gasteiger partial charge >= 0.3 is 5.97 Å². The van der Waals surface area contributed by atoms with Crippen molar-refractivity contribution in [3.8, 4) is 0 Å². The predicted octanol–water partition coefficient (Wildman–Crippen LogP) is 1.84. The van der Waals surface area contributed by atoms with E-state index in [1.54, 1.807) is 0 Å². The van der Waals surface area contributed by atoms with Crippen molar-refractivity contribution in [3.05, 3.63) is 0 Å². The molecule has 2 rings (SSSR count). The largest absolute Gasteiger partial charge is 0.461 e. The normalized spacial score (nSPS) is 25.9. The van der Waals surface area contributed by atoms with Crippen molar-refractivity contribution in [2.45, 2.75) is 70.6 Å². The van der Waals surface area contributed by atoms with Crippen LogP contribution in [0.3, 0.4) is 0 Å². The second kappa shape index (κ2) is 7.25. The Morgan fingerprint density at radius 3 is 2.63 bits per heavy atom. The van der Waals surface area contributed by atoms with Crippen LogP contribution in [0.1, 0.15) is 52.4 Å². The van der Waals surface area contributed by atoms with E-state index in [4.69, 9.17) is 4.74 Å². The average Bonchev–Trinajstić information content (AvgIpc) is 3.00. The fourth-order valence-electron chi connectivity index (χ4n) is 3.04. The summed E-state index contributed by atoms with van der Waals surface area (Å²) in [5, 5.41) is 6.81. The highest BCUT2D eigenvalue weighted by Crippen LogP contribution is 2.22. The van der Waals surface area contributed by atoms with Gasteiger partial charge in [-0.1, -0.05) is 13.8 Å². The highest BCUT2D eigenvalue weighted by atomic mass is 16.5. The van der Waals surface area contributed by atoms with Crippen LogP contribution in [0.2, 0.25) is 0 Å². The van der Waals surface area contributed by atoms with Crippen LogP contribution in [0.15, 0.2) is 0 Å². The Bertz CT molecular complexity index is 282. The predicted molar refractivity (Wildman–Crippen MR) is 76.0 cm³/mol. The van der Waals surface area contributed by atoms with Gasteiger partial charge in [-0.15, -0.1) is 0 Å². The molecular formula is C15H28N2O2. The highest BCUT2D eigenvalue weighted by molar-refractivity contribution is 5.76. The van der Waals surface area contributed by atoms with Gasteiger partial charge in [-0.2, -0.15) is 0 Å². The van der Waals surface area contributed by atoms with Crippen LogP contribution in [-0.2, 0) is 9.53 Å². The van der Waals surface area contributed by atoms with E-state index in [1.807, 2.05) is 0 Å². The minimum absolute atomic E-state index is 0.0347. The van der Waals surface area contributed by atoms with Crippen LogP contribution < -0.4 is 10.6 Å². The lowest BCUT2D eigenvalue weighted by Crippen LogP contribution is -2.46. The maximum atomic E-state index is 12.3. The van der Waals surface area contributed by atoms with Gasteiger partial charge in [0, 0.05) is 12.6 Å². The van der Waals surface area contributed by atoms with Crippen LogP contribution in [0, 0.1) is 5.92 Å². The van der Waals surface area contributed by atoms with E-state index in [2.05, 4.69) is 24.5 Å². The Kier molecular flexibility index (Phi) is 5.64. The zero-order chi connectivity index (χ0) is 13.7. The lowest BCUT2D eigenvalue weighted by atomic mass is 10.0. The van der Waals surface area contributed by atoms with Crippen molar-refractivity contribution in [1.82, 2.24) is 10.6 Å². The molecule has 0 aromatic rings. The molecule has 0 aromatic carbocycles. The van der Waals surface area contributed by atoms with Crippen LogP contribution in [0.25, 0.3) is 0 Å². The monoisotopic (exact) mass is 268 g/mol. The molecule has 19 heavy (non-hydrogen) atoms. The number of carbonyl (C=O) groups is 1. The number of hydrogen-bond acceptors (Lipinski definition) is 4. The first-order chi connectivity index (χ1) is 9.15. The van der Waals surface area contributed by atoms with E-state index in [9.17, 15) is 4.79 Å². The molecule has 0 bridgehead atoms. The van der Waals surface area contributed by atoms with Crippen molar-refractivity contribution in [3.63, 3.8) is 0 Å². The van der Waals surface area contributed by atoms with Gasteiger partial charge in [0.1, 0.15) is 12.1 Å². The molecule has 1 saturated carbocycles. The maximum Gasteiger partial charge on any atom is 0.323 e. The molecule has 2 N–H and O–H groups in total. The summed E-state index contributed by atoms with van der Waals surface area (Å²) >= 11 is 0. The molecule has 4 nitrogen and oxygen atoms in total. The molecule has 1 heterocycles. The smallest absolute Gasteiger partial charge is 0.323 e. The van der Waals surface area contributed by atoms with Crippen molar-refractivity contribution in [2.24, 2.45) is 5.92 Å². The first kappa shape index (κ1) is 14.8. The van der Waals surface area contributed by atoms with E-state index >= 15 is 0 Å². The van der Waals surface area contributed by atoms with Crippen molar-refractivity contribution in [1.29, 1.82) is 0 Å². The summed E-state index contributed by atoms with van der Waals surface area (Å²) in [4.78, 5) is 12.3. The summed E-state index contributed by atoms with van der Waals surface area (Å²) in [5.74, 6) is 0.468. The Morgan fingerprint density at radius 1 is 1.32 bits per heavy atom. The number of rotatable bonds is 6. The lowest BCUT2D eigenvalue weighted by Gasteiger charge is -2.24. The Hall–Kier alpha value is -0.610. The SMILES string of the molecule is CC(C)C[C@@H](NC1CCNC1)C(=O)OC1CCCC1. The van der Waals surface area contributed by atoms with Crippen LogP contribution in [-0.4, -0.2) is 37.2 Å². The third kappa shape index (κ3) is 4.77. The van der Waals surface area contributed by atoms with Crippen molar-refractivity contribution < 1.29 is 9.53 Å². The first-order valence-corrected chi connectivity index (χ1v) is 7.82. The van der Waals surface area contributed by atoms with Gasteiger partial charge in [0.25, 0.3) is 0 Å². The van der Waals surface area contributed by atoms with Crippen LogP contribution in [0.5, 0.6) is 0 Å². The minimum Gasteiger partial charge on any atom is -0.461 e. The molecule has 4 heteroatoms. The highest BCUT2D eigenvalue weighted by Gasteiger charge is 2.28. The number of nitrogens with one attached hydrogen (secondary N) is 2. The quantitative estimate of drug-likeness (QED) is 0.722. The number of carbonyl (C=O) groups excluding carboxylic acids is 1. The van der Waals surface area contributed by atoms with E-state index < -0.39 is 0 Å². The van der Waals surface area contributed by atoms with E-state index in [0.717, 1.165) is 38.8 Å². The summed E-state index contributed by atoms with van der Waals surface area (Å²) < 4.78 is 5.66. The summed E-state index contributed by atoms with van der Waals surface area (Å²) in [6, 6.07) is 0.283. The van der Waals surface area contributed by atoms with E-state index in [0.29, 0.717) is 12.0 Å². The molecule has 0 aromatic heterocycles. The molecule has 0 amide bonds. The summed E-state index contributed by atoms with van der Waals surface area (Å²) in [7, 11) is 0. The third-order valence-electron chi connectivity index (χ3n) is 4.07. The molecule has 0 spiro atoms. The fourth-order valence-corrected chi connectivity index (χ4v) is 3.04. The molecule has 0 radical (unpaired) electrons. The zero-order valence-electron chi connectivity index (χ0n) is 12.3. The van der Waals surface area contributed by atoms with Crippen LogP contribution in [0.4, 0.5) is 0 Å². The average molecular weight is 268 g/mol. The second-order valence-electron chi connectivity index (χ2n) is 6.38.